The van der Waals surface area contributed by atoms with Crippen LogP contribution in [0.4, 0.5) is 5.82 Å². The fourth-order valence-electron chi connectivity index (χ4n) is 1.50. The Bertz CT molecular complexity index is 728. The molecule has 2 aromatic rings. The number of hydrogen-bond acceptors (Lipinski definition) is 8. The third-order valence-corrected chi connectivity index (χ3v) is 3.18. The van der Waals surface area contributed by atoms with E-state index >= 15 is 0 Å². The largest absolute Gasteiger partial charge is 0.504 e. The number of ether oxygens (including phenoxy) is 1. The number of aromatic nitrogens is 2. The molecule has 1 heterocycles. The number of nitrogen functional groups attached to an aromatic ring is 1. The van der Waals surface area contributed by atoms with Crippen LogP contribution in [0.5, 0.6) is 11.5 Å². The van der Waals surface area contributed by atoms with Crippen molar-refractivity contribution in [2.24, 2.45) is 15.9 Å². The molecule has 5 N–H and O–H groups in total. The molecule has 0 saturated carbocycles. The van der Waals surface area contributed by atoms with E-state index in [0.717, 1.165) is 0 Å². The van der Waals surface area contributed by atoms with Gasteiger partial charge in [0.2, 0.25) is 0 Å². The Balaban J connectivity index is 2.23. The number of benzene rings is 1. The van der Waals surface area contributed by atoms with Gasteiger partial charge < -0.3 is 21.3 Å². The number of nitrogens with zero attached hydrogens (tertiary/aromatic N) is 4. The van der Waals surface area contributed by atoms with E-state index in [-0.39, 0.29) is 23.1 Å². The van der Waals surface area contributed by atoms with Gasteiger partial charge in [-0.2, -0.15) is 5.10 Å². The minimum atomic E-state index is -0.0325. The van der Waals surface area contributed by atoms with Gasteiger partial charge in [-0.05, 0) is 45.3 Å². The second kappa shape index (κ2) is 6.89. The monoisotopic (exact) mass is 368 g/mol. The Morgan fingerprint density at radius 1 is 1.50 bits per heavy atom. The van der Waals surface area contributed by atoms with Crippen LogP contribution in [-0.2, 0) is 0 Å². The molecule has 0 fully saturated rings. The molecule has 1 aromatic heterocycles. The molecule has 22 heavy (non-hydrogen) atoms. The quantitative estimate of drug-likeness (QED) is 0.409. The third kappa shape index (κ3) is 3.52. The molecule has 2 rings (SSSR count). The van der Waals surface area contributed by atoms with Crippen LogP contribution >= 0.6 is 15.9 Å². The van der Waals surface area contributed by atoms with Gasteiger partial charge in [0, 0.05) is 10.0 Å². The fraction of sp³-hybridized carbons (Fsp3) is 0.167. The highest BCUT2D eigenvalue weighted by atomic mass is 79.9. The molecular formula is C12H13BrN6O3. The number of phenols is 1. The highest BCUT2D eigenvalue weighted by Gasteiger charge is 2.10. The first-order chi connectivity index (χ1) is 10.5. The maximum Gasteiger partial charge on any atom is 0.199 e. The second-order valence-corrected chi connectivity index (χ2v) is 4.86. The topological polar surface area (TPSA) is 145 Å². The van der Waals surface area contributed by atoms with E-state index in [1.165, 1.54) is 12.3 Å². The van der Waals surface area contributed by atoms with Gasteiger partial charge in [0.05, 0.1) is 12.8 Å². The van der Waals surface area contributed by atoms with Gasteiger partial charge in [0.25, 0.3) is 0 Å². The average Bonchev–Trinajstić information content (AvgIpc) is 2.90. The van der Waals surface area contributed by atoms with Crippen LogP contribution in [0.1, 0.15) is 18.2 Å². The Labute approximate surface area is 133 Å². The van der Waals surface area contributed by atoms with Gasteiger partial charge in [-0.15, -0.1) is 5.10 Å². The average molecular weight is 369 g/mol. The molecule has 10 heteroatoms. The van der Waals surface area contributed by atoms with Gasteiger partial charge in [0.1, 0.15) is 0 Å². The summed E-state index contributed by atoms with van der Waals surface area (Å²) in [6, 6.07) is 3.11. The lowest BCUT2D eigenvalue weighted by Crippen LogP contribution is -2.15. The zero-order valence-electron chi connectivity index (χ0n) is 11.5. The minimum Gasteiger partial charge on any atom is -0.504 e. The first kappa shape index (κ1) is 15.8. The minimum absolute atomic E-state index is 0.0235. The number of nitrogens with two attached hydrogens (primary N) is 2. The molecule has 1 aromatic carbocycles. The van der Waals surface area contributed by atoms with Crippen molar-refractivity contribution >= 4 is 33.8 Å². The Kier molecular flexibility index (Phi) is 4.94. The zero-order valence-corrected chi connectivity index (χ0v) is 13.1. The number of anilines is 1. The molecule has 0 aliphatic carbocycles. The number of rotatable bonds is 5. The van der Waals surface area contributed by atoms with Gasteiger partial charge in [-0.3, -0.25) is 0 Å². The van der Waals surface area contributed by atoms with E-state index in [9.17, 15) is 5.11 Å². The highest BCUT2D eigenvalue weighted by Crippen LogP contribution is 2.31. The summed E-state index contributed by atoms with van der Waals surface area (Å²) in [5.74, 6) is 0.361. The van der Waals surface area contributed by atoms with Crippen molar-refractivity contribution in [2.75, 3.05) is 12.3 Å². The van der Waals surface area contributed by atoms with E-state index in [2.05, 4.69) is 41.1 Å². The summed E-state index contributed by atoms with van der Waals surface area (Å²) in [4.78, 5) is 0. The highest BCUT2D eigenvalue weighted by molar-refractivity contribution is 9.10. The SMILES string of the molecule is CCOc1cc(/C=N/N=C(\N)c2nonc2N)c(Br)cc1O. The molecule has 0 atom stereocenters. The predicted octanol–water partition coefficient (Wildman–Crippen LogP) is 1.26. The summed E-state index contributed by atoms with van der Waals surface area (Å²) in [6.07, 6.45) is 1.43. The van der Waals surface area contributed by atoms with Crippen LogP contribution in [0.15, 0.2) is 31.4 Å². The first-order valence-electron chi connectivity index (χ1n) is 6.13. The molecule has 0 amide bonds. The number of phenolic OH excluding ortho intramolecular Hbond substituents is 1. The Morgan fingerprint density at radius 3 is 2.91 bits per heavy atom. The van der Waals surface area contributed by atoms with E-state index in [0.29, 0.717) is 22.4 Å². The molecule has 0 bridgehead atoms. The molecular weight excluding hydrogens is 356 g/mol. The first-order valence-corrected chi connectivity index (χ1v) is 6.92. The van der Waals surface area contributed by atoms with E-state index in [1.54, 1.807) is 6.07 Å². The van der Waals surface area contributed by atoms with Crippen LogP contribution < -0.4 is 16.2 Å². The van der Waals surface area contributed by atoms with Crippen molar-refractivity contribution in [3.63, 3.8) is 0 Å². The van der Waals surface area contributed by atoms with Crippen LogP contribution in [0.25, 0.3) is 0 Å². The van der Waals surface area contributed by atoms with Crippen molar-refractivity contribution in [1.29, 1.82) is 0 Å². The lowest BCUT2D eigenvalue weighted by Gasteiger charge is -2.07. The molecule has 116 valence electrons. The van der Waals surface area contributed by atoms with E-state index in [4.69, 9.17) is 16.2 Å². The number of aromatic hydroxyl groups is 1. The molecule has 9 nitrogen and oxygen atoms in total. The summed E-state index contributed by atoms with van der Waals surface area (Å²) >= 11 is 3.31. The maximum absolute atomic E-state index is 9.73. The van der Waals surface area contributed by atoms with Crippen LogP contribution in [0.3, 0.4) is 0 Å². The fourth-order valence-corrected chi connectivity index (χ4v) is 1.94. The van der Waals surface area contributed by atoms with Crippen molar-refractivity contribution in [2.45, 2.75) is 6.92 Å². The van der Waals surface area contributed by atoms with Crippen molar-refractivity contribution in [1.82, 2.24) is 10.3 Å². The van der Waals surface area contributed by atoms with Crippen molar-refractivity contribution < 1.29 is 14.5 Å². The normalized spacial score (nSPS) is 12.0. The molecule has 0 radical (unpaired) electrons. The van der Waals surface area contributed by atoms with Gasteiger partial charge in [-0.1, -0.05) is 0 Å². The van der Waals surface area contributed by atoms with Gasteiger partial charge >= 0.3 is 0 Å². The van der Waals surface area contributed by atoms with Crippen LogP contribution in [0, 0.1) is 0 Å². The second-order valence-electron chi connectivity index (χ2n) is 4.00. The third-order valence-electron chi connectivity index (χ3n) is 2.50. The maximum atomic E-state index is 9.73. The van der Waals surface area contributed by atoms with E-state index < -0.39 is 0 Å². The van der Waals surface area contributed by atoms with Crippen LogP contribution in [-0.4, -0.2) is 34.1 Å². The summed E-state index contributed by atoms with van der Waals surface area (Å²) in [6.45, 7) is 2.24. The molecule has 0 aliphatic heterocycles. The molecule has 0 spiro atoms. The number of amidine groups is 1. The molecule has 0 unspecified atom stereocenters. The van der Waals surface area contributed by atoms with Gasteiger partial charge in [-0.25, -0.2) is 4.63 Å². The Hall–Kier alpha value is -2.62. The molecule has 0 saturated heterocycles. The Morgan fingerprint density at radius 2 is 2.27 bits per heavy atom. The molecule has 0 aliphatic rings. The van der Waals surface area contributed by atoms with Crippen LogP contribution in [0.2, 0.25) is 0 Å². The number of hydrogen-bond donors (Lipinski definition) is 3. The standard InChI is InChI=1S/C12H13BrN6O3/c1-2-21-9-3-6(7(13)4-8(9)20)5-16-17-11(14)10-12(15)19-22-18-10/h3-5,20H,2H2,1H3,(H2,14,17)(H2,15,19)/b16-5+. The summed E-state index contributed by atoms with van der Waals surface area (Å²) < 4.78 is 10.3. The lowest BCUT2D eigenvalue weighted by atomic mass is 10.2. The zero-order chi connectivity index (χ0) is 16.1. The summed E-state index contributed by atoms with van der Waals surface area (Å²) in [5, 5.41) is 24.2. The van der Waals surface area contributed by atoms with E-state index in [1.807, 2.05) is 6.92 Å². The smallest absolute Gasteiger partial charge is 0.199 e. The van der Waals surface area contributed by atoms with Crippen molar-refractivity contribution in [3.8, 4) is 11.5 Å². The van der Waals surface area contributed by atoms with Gasteiger partial charge in [0.15, 0.2) is 28.8 Å². The predicted molar refractivity (Wildman–Crippen MR) is 84.0 cm³/mol. The summed E-state index contributed by atoms with van der Waals surface area (Å²) in [7, 11) is 0. The number of halogens is 1. The lowest BCUT2D eigenvalue weighted by molar-refractivity contribution is 0.308. The van der Waals surface area contributed by atoms with Crippen molar-refractivity contribution in [3.05, 3.63) is 27.9 Å². The summed E-state index contributed by atoms with van der Waals surface area (Å²) in [5.41, 5.74) is 11.9.